The number of likely N-dealkylation sites (N-methyl/N-ethyl adjacent to an activating group) is 1. The fourth-order valence-electron chi connectivity index (χ4n) is 2.89. The van der Waals surface area contributed by atoms with Crippen LogP contribution < -0.4 is 20.9 Å². The van der Waals surface area contributed by atoms with Crippen molar-refractivity contribution >= 4 is 23.5 Å². The Labute approximate surface area is 165 Å². The number of quaternary nitrogens is 1. The normalized spacial score (nSPS) is 12.5. The van der Waals surface area contributed by atoms with E-state index in [1.807, 2.05) is 61.5 Å². The number of amides is 4. The molecule has 0 spiro atoms. The zero-order chi connectivity index (χ0) is 20.5. The summed E-state index contributed by atoms with van der Waals surface area (Å²) in [6, 6.07) is 15.4. The SMILES string of the molecule is CCNC(=O)NC(=O)[C@H](c1ccccc1)[NH+](C)CC(=O)Nc1ccc(C)cc1. The van der Waals surface area contributed by atoms with Crippen LogP contribution in [0.4, 0.5) is 10.5 Å². The summed E-state index contributed by atoms with van der Waals surface area (Å²) in [5.41, 5.74) is 2.53. The first-order valence-electron chi connectivity index (χ1n) is 9.23. The molecule has 7 nitrogen and oxygen atoms in total. The lowest BCUT2D eigenvalue weighted by Gasteiger charge is -2.24. The Bertz CT molecular complexity index is 806. The van der Waals surface area contributed by atoms with E-state index < -0.39 is 18.0 Å². The third-order valence-electron chi connectivity index (χ3n) is 4.24. The molecule has 0 heterocycles. The van der Waals surface area contributed by atoms with Crippen molar-refractivity contribution in [3.05, 3.63) is 65.7 Å². The van der Waals surface area contributed by atoms with Gasteiger partial charge in [-0.25, -0.2) is 4.79 Å². The van der Waals surface area contributed by atoms with Gasteiger partial charge in [0, 0.05) is 17.8 Å². The quantitative estimate of drug-likeness (QED) is 0.576. The van der Waals surface area contributed by atoms with Crippen molar-refractivity contribution in [2.45, 2.75) is 19.9 Å². The van der Waals surface area contributed by atoms with Gasteiger partial charge in [0.2, 0.25) is 0 Å². The molecule has 0 aliphatic heterocycles. The molecule has 148 valence electrons. The van der Waals surface area contributed by atoms with Crippen LogP contribution >= 0.6 is 0 Å². The smallest absolute Gasteiger partial charge is 0.321 e. The lowest BCUT2D eigenvalue weighted by Crippen LogP contribution is -3.11. The summed E-state index contributed by atoms with van der Waals surface area (Å²) in [4.78, 5) is 37.6. The number of rotatable bonds is 7. The average Bonchev–Trinajstić information content (AvgIpc) is 2.64. The van der Waals surface area contributed by atoms with Gasteiger partial charge in [0.25, 0.3) is 11.8 Å². The van der Waals surface area contributed by atoms with Crippen LogP contribution in [-0.4, -0.2) is 38.0 Å². The number of imide groups is 1. The predicted molar refractivity (Wildman–Crippen MR) is 108 cm³/mol. The summed E-state index contributed by atoms with van der Waals surface area (Å²) in [5.74, 6) is -0.675. The molecule has 2 aromatic carbocycles. The molecule has 1 unspecified atom stereocenters. The molecule has 28 heavy (non-hydrogen) atoms. The van der Waals surface area contributed by atoms with Crippen LogP contribution in [0.5, 0.6) is 0 Å². The Hall–Kier alpha value is -3.19. The Morgan fingerprint density at radius 2 is 1.64 bits per heavy atom. The van der Waals surface area contributed by atoms with E-state index >= 15 is 0 Å². The molecule has 2 aromatic rings. The van der Waals surface area contributed by atoms with E-state index in [0.29, 0.717) is 17.1 Å². The van der Waals surface area contributed by atoms with Crippen molar-refractivity contribution in [2.75, 3.05) is 25.5 Å². The van der Waals surface area contributed by atoms with E-state index in [1.54, 1.807) is 14.0 Å². The number of carbonyl (C=O) groups excluding carboxylic acids is 3. The second kappa shape index (κ2) is 10.2. The second-order valence-corrected chi connectivity index (χ2v) is 6.63. The maximum absolute atomic E-state index is 12.7. The highest BCUT2D eigenvalue weighted by Gasteiger charge is 2.31. The predicted octanol–water partition coefficient (Wildman–Crippen LogP) is 1.04. The van der Waals surface area contributed by atoms with Crippen molar-refractivity contribution in [1.29, 1.82) is 0 Å². The van der Waals surface area contributed by atoms with Crippen molar-refractivity contribution in [3.8, 4) is 0 Å². The first-order chi connectivity index (χ1) is 13.4. The zero-order valence-electron chi connectivity index (χ0n) is 16.4. The van der Waals surface area contributed by atoms with Crippen LogP contribution in [0.1, 0.15) is 24.1 Å². The van der Waals surface area contributed by atoms with Gasteiger partial charge in [-0.05, 0) is 26.0 Å². The molecule has 0 fully saturated rings. The Kier molecular flexibility index (Phi) is 7.71. The number of carbonyl (C=O) groups is 3. The molecule has 0 saturated heterocycles. The average molecular weight is 383 g/mol. The lowest BCUT2D eigenvalue weighted by molar-refractivity contribution is -0.894. The molecular formula is C21H27N4O3+. The van der Waals surface area contributed by atoms with Crippen LogP contribution in [0.15, 0.2) is 54.6 Å². The van der Waals surface area contributed by atoms with Crippen molar-refractivity contribution in [2.24, 2.45) is 0 Å². The van der Waals surface area contributed by atoms with Gasteiger partial charge >= 0.3 is 6.03 Å². The molecule has 0 radical (unpaired) electrons. The monoisotopic (exact) mass is 383 g/mol. The summed E-state index contributed by atoms with van der Waals surface area (Å²) in [6.45, 7) is 4.22. The fourth-order valence-corrected chi connectivity index (χ4v) is 2.89. The fraction of sp³-hybridized carbons (Fsp3) is 0.286. The molecule has 0 aromatic heterocycles. The molecule has 4 N–H and O–H groups in total. The molecule has 0 saturated carbocycles. The molecule has 0 aliphatic rings. The number of nitrogens with one attached hydrogen (secondary N) is 4. The van der Waals surface area contributed by atoms with E-state index in [2.05, 4.69) is 16.0 Å². The van der Waals surface area contributed by atoms with Crippen LogP contribution in [0, 0.1) is 6.92 Å². The van der Waals surface area contributed by atoms with E-state index in [9.17, 15) is 14.4 Å². The number of aryl methyl sites for hydroxylation is 1. The van der Waals surface area contributed by atoms with Gasteiger partial charge < -0.3 is 15.5 Å². The summed E-state index contributed by atoms with van der Waals surface area (Å²) in [6.07, 6.45) is 0. The first-order valence-corrected chi connectivity index (χ1v) is 9.23. The molecule has 0 bridgehead atoms. The standard InChI is InChI=1S/C21H26N4O3/c1-4-22-21(28)24-20(27)19(16-8-6-5-7-9-16)25(3)14-18(26)23-17-12-10-15(2)11-13-17/h5-13,19H,4,14H2,1-3H3,(H,23,26)(H2,22,24,27,28)/p+1/t19-/m0/s1. The minimum Gasteiger partial charge on any atom is -0.338 e. The van der Waals surface area contributed by atoms with E-state index in [0.717, 1.165) is 11.1 Å². The maximum atomic E-state index is 12.7. The topological polar surface area (TPSA) is 91.7 Å². The Balaban J connectivity index is 2.10. The molecule has 2 rings (SSSR count). The molecule has 0 aliphatic carbocycles. The second-order valence-electron chi connectivity index (χ2n) is 6.63. The van der Waals surface area contributed by atoms with Crippen LogP contribution in [0.25, 0.3) is 0 Å². The Morgan fingerprint density at radius 3 is 2.25 bits per heavy atom. The minimum absolute atomic E-state index is 0.0657. The highest BCUT2D eigenvalue weighted by atomic mass is 16.2. The van der Waals surface area contributed by atoms with Gasteiger partial charge in [0.05, 0.1) is 7.05 Å². The maximum Gasteiger partial charge on any atom is 0.321 e. The summed E-state index contributed by atoms with van der Waals surface area (Å²) in [5, 5.41) is 7.72. The number of urea groups is 1. The highest BCUT2D eigenvalue weighted by Crippen LogP contribution is 2.10. The summed E-state index contributed by atoms with van der Waals surface area (Å²) in [7, 11) is 1.75. The molecule has 7 heteroatoms. The number of hydrogen-bond acceptors (Lipinski definition) is 3. The van der Waals surface area contributed by atoms with Gasteiger partial charge in [-0.1, -0.05) is 48.0 Å². The van der Waals surface area contributed by atoms with E-state index in [1.165, 1.54) is 0 Å². The van der Waals surface area contributed by atoms with E-state index in [-0.39, 0.29) is 12.5 Å². The summed E-state index contributed by atoms with van der Waals surface area (Å²) >= 11 is 0. The third-order valence-corrected chi connectivity index (χ3v) is 4.24. The first kappa shape index (κ1) is 21.1. The van der Waals surface area contributed by atoms with Crippen molar-refractivity contribution in [1.82, 2.24) is 10.6 Å². The van der Waals surface area contributed by atoms with Gasteiger partial charge in [0.1, 0.15) is 0 Å². The van der Waals surface area contributed by atoms with Crippen molar-refractivity contribution < 1.29 is 19.3 Å². The minimum atomic E-state index is -0.701. The number of hydrogen-bond donors (Lipinski definition) is 4. The van der Waals surface area contributed by atoms with Gasteiger partial charge in [-0.2, -0.15) is 0 Å². The zero-order valence-corrected chi connectivity index (χ0v) is 16.4. The van der Waals surface area contributed by atoms with Gasteiger partial charge in [0.15, 0.2) is 12.6 Å². The van der Waals surface area contributed by atoms with E-state index in [4.69, 9.17) is 0 Å². The van der Waals surface area contributed by atoms with Crippen LogP contribution in [0.2, 0.25) is 0 Å². The molecular weight excluding hydrogens is 356 g/mol. The largest absolute Gasteiger partial charge is 0.338 e. The van der Waals surface area contributed by atoms with Crippen LogP contribution in [-0.2, 0) is 9.59 Å². The number of anilines is 1. The molecule has 4 amide bonds. The van der Waals surface area contributed by atoms with Crippen molar-refractivity contribution in [3.63, 3.8) is 0 Å². The lowest BCUT2D eigenvalue weighted by atomic mass is 10.0. The molecule has 2 atom stereocenters. The Morgan fingerprint density at radius 1 is 1.00 bits per heavy atom. The summed E-state index contributed by atoms with van der Waals surface area (Å²) < 4.78 is 0. The van der Waals surface area contributed by atoms with Crippen LogP contribution in [0.3, 0.4) is 0 Å². The van der Waals surface area contributed by atoms with Gasteiger partial charge in [-0.3, -0.25) is 14.9 Å². The highest BCUT2D eigenvalue weighted by molar-refractivity contribution is 5.97. The van der Waals surface area contributed by atoms with Gasteiger partial charge in [-0.15, -0.1) is 0 Å². The third kappa shape index (κ3) is 6.21. The number of benzene rings is 2.